The van der Waals surface area contributed by atoms with Gasteiger partial charge >= 0.3 is 0 Å². The lowest BCUT2D eigenvalue weighted by Crippen LogP contribution is -3.17. The van der Waals surface area contributed by atoms with Gasteiger partial charge in [0.1, 0.15) is 6.04 Å². The Morgan fingerprint density at radius 3 is 2.68 bits per heavy atom. The Kier molecular flexibility index (Phi) is 7.48. The van der Waals surface area contributed by atoms with Crippen molar-refractivity contribution in [2.75, 3.05) is 25.0 Å². The maximum Gasteiger partial charge on any atom is 0.187 e. The zero-order valence-electron chi connectivity index (χ0n) is 17.0. The molecule has 1 aromatic heterocycles. The summed E-state index contributed by atoms with van der Waals surface area (Å²) in [5.74, 6) is 0. The molecule has 31 heavy (non-hydrogen) atoms. The number of benzene rings is 2. The fraction of sp³-hybridized carbons (Fsp3) is 0.348. The van der Waals surface area contributed by atoms with Crippen molar-refractivity contribution < 1.29 is 15.1 Å². The van der Waals surface area contributed by atoms with Gasteiger partial charge in [0.05, 0.1) is 41.5 Å². The predicted molar refractivity (Wildman–Crippen MR) is 128 cm³/mol. The molecule has 0 saturated carbocycles. The van der Waals surface area contributed by atoms with Crippen LogP contribution in [0.15, 0.2) is 47.8 Å². The van der Waals surface area contributed by atoms with Crippen molar-refractivity contribution in [3.8, 4) is 11.3 Å². The van der Waals surface area contributed by atoms with Crippen LogP contribution in [0.5, 0.6) is 0 Å². The van der Waals surface area contributed by atoms with Crippen molar-refractivity contribution in [2.24, 2.45) is 0 Å². The smallest absolute Gasteiger partial charge is 0.187 e. The molecule has 5 nitrogen and oxygen atoms in total. The van der Waals surface area contributed by atoms with Gasteiger partial charge in [-0.05, 0) is 29.8 Å². The second-order valence-electron chi connectivity index (χ2n) is 7.95. The number of anilines is 2. The summed E-state index contributed by atoms with van der Waals surface area (Å²) in [4.78, 5) is 6.03. The van der Waals surface area contributed by atoms with E-state index in [9.17, 15) is 10.2 Å². The molecule has 0 bridgehead atoms. The molecule has 4 N–H and O–H groups in total. The first-order valence-electron chi connectivity index (χ1n) is 10.4. The van der Waals surface area contributed by atoms with Gasteiger partial charge in [-0.25, -0.2) is 4.98 Å². The van der Waals surface area contributed by atoms with Crippen molar-refractivity contribution in [3.63, 3.8) is 0 Å². The molecule has 1 aliphatic heterocycles. The number of thiazole rings is 1. The molecule has 0 aliphatic carbocycles. The molecule has 1 fully saturated rings. The summed E-state index contributed by atoms with van der Waals surface area (Å²) in [6.45, 7) is 2.01. The van der Waals surface area contributed by atoms with Gasteiger partial charge in [-0.3, -0.25) is 0 Å². The molecule has 1 aliphatic rings. The van der Waals surface area contributed by atoms with Gasteiger partial charge in [-0.15, -0.1) is 11.3 Å². The molecule has 1 unspecified atom stereocenters. The van der Waals surface area contributed by atoms with E-state index in [1.54, 1.807) is 6.07 Å². The Balaban J connectivity index is 1.34. The second-order valence-corrected chi connectivity index (χ2v) is 9.63. The van der Waals surface area contributed by atoms with Crippen molar-refractivity contribution in [1.82, 2.24) is 4.98 Å². The van der Waals surface area contributed by atoms with Crippen LogP contribution in [-0.4, -0.2) is 47.0 Å². The average molecular weight is 479 g/mol. The minimum absolute atomic E-state index is 0.132. The molecular weight excluding hydrogens is 453 g/mol. The number of aliphatic hydroxyl groups is 2. The maximum absolute atomic E-state index is 9.81. The third kappa shape index (κ3) is 5.77. The van der Waals surface area contributed by atoms with Crippen molar-refractivity contribution in [2.45, 2.75) is 31.4 Å². The van der Waals surface area contributed by atoms with E-state index in [1.165, 1.54) is 21.8 Å². The van der Waals surface area contributed by atoms with Gasteiger partial charge in [0, 0.05) is 35.9 Å². The van der Waals surface area contributed by atoms with E-state index in [0.29, 0.717) is 16.5 Å². The summed E-state index contributed by atoms with van der Waals surface area (Å²) in [5.41, 5.74) is 4.04. The molecule has 2 aromatic carbocycles. The van der Waals surface area contributed by atoms with Gasteiger partial charge < -0.3 is 20.4 Å². The minimum Gasteiger partial charge on any atom is -0.393 e. The molecule has 4 rings (SSSR count). The molecule has 3 aromatic rings. The Labute approximate surface area is 196 Å². The van der Waals surface area contributed by atoms with E-state index in [1.807, 2.05) is 17.5 Å². The number of hydrogen-bond donors (Lipinski definition) is 4. The summed E-state index contributed by atoms with van der Waals surface area (Å²) in [7, 11) is 0. The highest BCUT2D eigenvalue weighted by Gasteiger charge is 2.29. The van der Waals surface area contributed by atoms with Gasteiger partial charge in [-0.2, -0.15) is 0 Å². The Morgan fingerprint density at radius 2 is 1.94 bits per heavy atom. The third-order valence-electron chi connectivity index (χ3n) is 5.81. The van der Waals surface area contributed by atoms with Gasteiger partial charge in [-0.1, -0.05) is 41.4 Å². The first-order valence-corrected chi connectivity index (χ1v) is 12.1. The number of nitrogens with one attached hydrogen (secondary N) is 2. The number of halogens is 2. The highest BCUT2D eigenvalue weighted by molar-refractivity contribution is 7.14. The molecule has 3 atom stereocenters. The summed E-state index contributed by atoms with van der Waals surface area (Å²) in [6, 6.07) is 14.0. The first kappa shape index (κ1) is 22.5. The molecular formula is C23H26Cl2N3O2S+. The highest BCUT2D eigenvalue weighted by Crippen LogP contribution is 2.31. The van der Waals surface area contributed by atoms with Crippen LogP contribution in [0.3, 0.4) is 0 Å². The van der Waals surface area contributed by atoms with Crippen molar-refractivity contribution in [1.29, 1.82) is 0 Å². The predicted octanol–water partition coefficient (Wildman–Crippen LogP) is 3.80. The fourth-order valence-electron chi connectivity index (χ4n) is 4.00. The molecule has 1 saturated heterocycles. The number of likely N-dealkylation sites (tertiary alicyclic amines) is 1. The number of nitrogens with zero attached hydrogens (tertiary/aromatic N) is 1. The lowest BCUT2D eigenvalue weighted by atomic mass is 9.99. The standard InChI is InChI=1S/C23H25Cl2N3O2S/c24-20-6-3-16(11-21(20)25)22-14-31-23(27-22)26-17-4-1-15(2-5-17)7-9-28-10-8-19(30)12-18(28)13-29/h1-6,11,14,18-19,29-30H,7-10,12-13H2,(H,26,27)/p+1/t18-,19+/m1/s1. The quantitative estimate of drug-likeness (QED) is 0.416. The topological polar surface area (TPSA) is 69.8 Å². The largest absolute Gasteiger partial charge is 0.393 e. The van der Waals surface area contributed by atoms with Crippen LogP contribution in [-0.2, 0) is 6.42 Å². The number of rotatable bonds is 7. The SMILES string of the molecule is OC[C@H]1C[C@@H](O)CC[NH+]1CCc1ccc(Nc2nc(-c3ccc(Cl)c(Cl)c3)cs2)cc1. The lowest BCUT2D eigenvalue weighted by molar-refractivity contribution is -0.932. The lowest BCUT2D eigenvalue weighted by Gasteiger charge is -2.33. The Bertz CT molecular complexity index is 1010. The number of aromatic nitrogens is 1. The number of quaternary nitrogens is 1. The maximum atomic E-state index is 9.81. The van der Waals surface area contributed by atoms with E-state index in [4.69, 9.17) is 23.2 Å². The van der Waals surface area contributed by atoms with Crippen LogP contribution in [0.1, 0.15) is 18.4 Å². The van der Waals surface area contributed by atoms with Gasteiger partial charge in [0.2, 0.25) is 0 Å². The molecule has 8 heteroatoms. The van der Waals surface area contributed by atoms with E-state index in [-0.39, 0.29) is 18.8 Å². The van der Waals surface area contributed by atoms with Crippen LogP contribution in [0, 0.1) is 0 Å². The van der Waals surface area contributed by atoms with E-state index in [0.717, 1.165) is 48.0 Å². The summed E-state index contributed by atoms with van der Waals surface area (Å²) in [6.07, 6.45) is 2.18. The van der Waals surface area contributed by atoms with E-state index < -0.39 is 0 Å². The van der Waals surface area contributed by atoms with Crippen molar-refractivity contribution in [3.05, 3.63) is 63.5 Å². The zero-order chi connectivity index (χ0) is 21.8. The van der Waals surface area contributed by atoms with E-state index in [2.05, 4.69) is 34.6 Å². The molecule has 164 valence electrons. The van der Waals surface area contributed by atoms with Crippen molar-refractivity contribution >= 4 is 45.4 Å². The molecule has 0 spiro atoms. The Hall–Kier alpha value is -1.67. The molecule has 0 amide bonds. The summed E-state index contributed by atoms with van der Waals surface area (Å²) < 4.78 is 0. The third-order valence-corrected chi connectivity index (χ3v) is 7.31. The first-order chi connectivity index (χ1) is 15.0. The van der Waals surface area contributed by atoms with E-state index >= 15 is 0 Å². The number of hydrogen-bond acceptors (Lipinski definition) is 5. The zero-order valence-corrected chi connectivity index (χ0v) is 19.4. The average Bonchev–Trinajstić information content (AvgIpc) is 3.24. The number of piperidine rings is 1. The van der Waals surface area contributed by atoms with Crippen LogP contribution < -0.4 is 10.2 Å². The van der Waals surface area contributed by atoms with Gasteiger partial charge in [0.15, 0.2) is 5.13 Å². The normalized spacial score (nSPS) is 21.2. The molecule has 0 radical (unpaired) electrons. The minimum atomic E-state index is -0.269. The summed E-state index contributed by atoms with van der Waals surface area (Å²) in [5, 5.41) is 26.6. The monoisotopic (exact) mass is 478 g/mol. The van der Waals surface area contributed by atoms with Crippen LogP contribution in [0.2, 0.25) is 10.0 Å². The highest BCUT2D eigenvalue weighted by atomic mass is 35.5. The van der Waals surface area contributed by atoms with Crippen LogP contribution in [0.25, 0.3) is 11.3 Å². The van der Waals surface area contributed by atoms with Gasteiger partial charge in [0.25, 0.3) is 0 Å². The second kappa shape index (κ2) is 10.3. The van der Waals surface area contributed by atoms with Crippen LogP contribution in [0.4, 0.5) is 10.8 Å². The van der Waals surface area contributed by atoms with Crippen LogP contribution >= 0.6 is 34.5 Å². The molecule has 2 heterocycles. The Morgan fingerprint density at radius 1 is 1.13 bits per heavy atom. The number of aliphatic hydroxyl groups excluding tert-OH is 2. The fourth-order valence-corrected chi connectivity index (χ4v) is 5.04. The summed E-state index contributed by atoms with van der Waals surface area (Å²) >= 11 is 13.7.